The topological polar surface area (TPSA) is 61.6 Å². The first-order valence-electron chi connectivity index (χ1n) is 11.7. The van der Waals surface area contributed by atoms with Crippen LogP contribution in [0.15, 0.2) is 48.5 Å². The maximum Gasteiger partial charge on any atom is 0.135 e. The minimum Gasteiger partial charge on any atom is -0.326 e. The summed E-state index contributed by atoms with van der Waals surface area (Å²) < 4.78 is 24.9. The van der Waals surface area contributed by atoms with Gasteiger partial charge in [-0.05, 0) is 75.4 Å². The normalized spacial score (nSPS) is 17.5. The molecule has 33 heavy (non-hydrogen) atoms. The molecule has 2 aromatic rings. The zero-order valence-electron chi connectivity index (χ0n) is 19.9. The summed E-state index contributed by atoms with van der Waals surface area (Å²) in [6.07, 6.45) is 3.93. The molecule has 7 heteroatoms. The molecule has 0 spiro atoms. The summed E-state index contributed by atoms with van der Waals surface area (Å²) in [5.41, 5.74) is 7.39. The Bertz CT molecular complexity index is 796. The van der Waals surface area contributed by atoms with Crippen LogP contribution in [0.4, 0.5) is 8.78 Å². The third kappa shape index (κ3) is 11.5. The minimum atomic E-state index is -0.216. The second-order valence-corrected chi connectivity index (χ2v) is 8.76. The lowest BCUT2D eigenvalue weighted by atomic mass is 10.1. The Labute approximate surface area is 196 Å². The molecular weight excluding hydrogens is 422 g/mol. The van der Waals surface area contributed by atoms with E-state index < -0.39 is 0 Å². The number of ketones is 1. The van der Waals surface area contributed by atoms with Gasteiger partial charge in [0, 0.05) is 45.1 Å². The molecule has 0 aromatic heterocycles. The third-order valence-electron chi connectivity index (χ3n) is 5.92. The van der Waals surface area contributed by atoms with Crippen molar-refractivity contribution in [2.24, 2.45) is 5.73 Å². The summed E-state index contributed by atoms with van der Waals surface area (Å²) in [5, 5.41) is 3.53. The van der Waals surface area contributed by atoms with Crippen LogP contribution in [0.3, 0.4) is 0 Å². The van der Waals surface area contributed by atoms with E-state index in [1.54, 1.807) is 12.1 Å². The highest BCUT2D eigenvalue weighted by atomic mass is 19.1. The average Bonchev–Trinajstić information content (AvgIpc) is 2.83. The van der Waals surface area contributed by atoms with Crippen molar-refractivity contribution in [1.82, 2.24) is 15.1 Å². The SMILES string of the molecule is CN1CCC(=O)CC1.CN1CCC(NCc2ccc(F)cc2)CC1.NCc1ccc(F)cc1. The molecule has 2 heterocycles. The fraction of sp³-hybridized carbons (Fsp3) is 0.500. The molecule has 0 unspecified atom stereocenters. The predicted octanol–water partition coefficient (Wildman–Crippen LogP) is 3.58. The Morgan fingerprint density at radius 1 is 0.818 bits per heavy atom. The molecular formula is C26H38F2N4O. The fourth-order valence-electron chi connectivity index (χ4n) is 3.57. The molecule has 0 bridgehead atoms. The summed E-state index contributed by atoms with van der Waals surface area (Å²) in [4.78, 5) is 15.1. The number of halogens is 2. The summed E-state index contributed by atoms with van der Waals surface area (Å²) in [7, 11) is 4.21. The van der Waals surface area contributed by atoms with E-state index in [0.29, 0.717) is 18.4 Å². The zero-order valence-corrected chi connectivity index (χ0v) is 19.9. The van der Waals surface area contributed by atoms with Crippen LogP contribution in [0.5, 0.6) is 0 Å². The molecule has 0 saturated carbocycles. The fourth-order valence-corrected chi connectivity index (χ4v) is 3.57. The molecule has 2 aliphatic heterocycles. The Morgan fingerprint density at radius 2 is 1.27 bits per heavy atom. The van der Waals surface area contributed by atoms with Crippen LogP contribution < -0.4 is 11.1 Å². The molecule has 3 N–H and O–H groups in total. The van der Waals surface area contributed by atoms with Crippen LogP contribution in [0, 0.1) is 11.6 Å². The first-order chi connectivity index (χ1) is 15.9. The number of hydrogen-bond acceptors (Lipinski definition) is 5. The zero-order chi connectivity index (χ0) is 24.1. The van der Waals surface area contributed by atoms with Gasteiger partial charge in [-0.1, -0.05) is 24.3 Å². The van der Waals surface area contributed by atoms with E-state index in [1.165, 1.54) is 50.2 Å². The van der Waals surface area contributed by atoms with E-state index in [0.717, 1.165) is 43.6 Å². The molecule has 2 saturated heterocycles. The van der Waals surface area contributed by atoms with Crippen molar-refractivity contribution in [2.45, 2.75) is 44.8 Å². The maximum atomic E-state index is 12.7. The number of carbonyl (C=O) groups is 1. The molecule has 2 aromatic carbocycles. The number of hydrogen-bond donors (Lipinski definition) is 2. The summed E-state index contributed by atoms with van der Waals surface area (Å²) >= 11 is 0. The van der Waals surface area contributed by atoms with Crippen molar-refractivity contribution in [3.05, 3.63) is 71.3 Å². The number of nitrogens with one attached hydrogen (secondary N) is 1. The second kappa shape index (κ2) is 14.9. The number of nitrogens with zero attached hydrogens (tertiary/aromatic N) is 2. The van der Waals surface area contributed by atoms with Gasteiger partial charge in [0.15, 0.2) is 0 Å². The Balaban J connectivity index is 0.000000192. The van der Waals surface area contributed by atoms with Gasteiger partial charge in [-0.15, -0.1) is 0 Å². The Morgan fingerprint density at radius 3 is 1.73 bits per heavy atom. The number of likely N-dealkylation sites (tertiary alicyclic amines) is 2. The van der Waals surface area contributed by atoms with Gasteiger partial charge < -0.3 is 20.9 Å². The molecule has 0 amide bonds. The molecule has 5 nitrogen and oxygen atoms in total. The van der Waals surface area contributed by atoms with Gasteiger partial charge in [0.1, 0.15) is 17.4 Å². The van der Waals surface area contributed by atoms with Crippen molar-refractivity contribution >= 4 is 5.78 Å². The van der Waals surface area contributed by atoms with Gasteiger partial charge in [-0.25, -0.2) is 8.78 Å². The molecule has 182 valence electrons. The first-order valence-corrected chi connectivity index (χ1v) is 11.7. The largest absolute Gasteiger partial charge is 0.326 e. The van der Waals surface area contributed by atoms with E-state index in [1.807, 2.05) is 19.2 Å². The lowest BCUT2D eigenvalue weighted by molar-refractivity contribution is -0.121. The van der Waals surface area contributed by atoms with Crippen molar-refractivity contribution in [3.8, 4) is 0 Å². The second-order valence-electron chi connectivity index (χ2n) is 8.76. The predicted molar refractivity (Wildman–Crippen MR) is 130 cm³/mol. The van der Waals surface area contributed by atoms with E-state index in [9.17, 15) is 13.6 Å². The lowest BCUT2D eigenvalue weighted by Gasteiger charge is -2.29. The van der Waals surface area contributed by atoms with Crippen LogP contribution in [0.2, 0.25) is 0 Å². The number of piperidine rings is 2. The molecule has 4 rings (SSSR count). The average molecular weight is 461 g/mol. The van der Waals surface area contributed by atoms with Crippen LogP contribution in [0.1, 0.15) is 36.8 Å². The van der Waals surface area contributed by atoms with Crippen LogP contribution in [-0.2, 0) is 17.9 Å². The smallest absolute Gasteiger partial charge is 0.135 e. The van der Waals surface area contributed by atoms with Gasteiger partial charge in [-0.2, -0.15) is 0 Å². The van der Waals surface area contributed by atoms with Crippen molar-refractivity contribution < 1.29 is 13.6 Å². The van der Waals surface area contributed by atoms with Crippen molar-refractivity contribution in [3.63, 3.8) is 0 Å². The van der Waals surface area contributed by atoms with E-state index >= 15 is 0 Å². The van der Waals surface area contributed by atoms with Crippen molar-refractivity contribution in [1.29, 1.82) is 0 Å². The number of nitrogens with two attached hydrogens (primary N) is 1. The number of benzene rings is 2. The van der Waals surface area contributed by atoms with Gasteiger partial charge in [0.25, 0.3) is 0 Å². The maximum absolute atomic E-state index is 12.7. The quantitative estimate of drug-likeness (QED) is 0.731. The highest BCUT2D eigenvalue weighted by Gasteiger charge is 2.15. The first kappa shape index (κ1) is 27.1. The van der Waals surface area contributed by atoms with Gasteiger partial charge in [-0.3, -0.25) is 4.79 Å². The lowest BCUT2D eigenvalue weighted by Crippen LogP contribution is -2.40. The van der Waals surface area contributed by atoms with Gasteiger partial charge in [0.2, 0.25) is 0 Å². The van der Waals surface area contributed by atoms with E-state index in [2.05, 4.69) is 22.2 Å². The molecule has 0 atom stereocenters. The summed E-state index contributed by atoms with van der Waals surface area (Å²) in [6, 6.07) is 13.5. The van der Waals surface area contributed by atoms with Crippen LogP contribution in [-0.4, -0.2) is 61.9 Å². The van der Waals surface area contributed by atoms with E-state index in [-0.39, 0.29) is 11.6 Å². The van der Waals surface area contributed by atoms with Crippen LogP contribution >= 0.6 is 0 Å². The molecule has 0 aliphatic carbocycles. The number of Topliss-reactive ketones (excluding diaryl/α,β-unsaturated/α-hetero) is 1. The molecule has 0 radical (unpaired) electrons. The van der Waals surface area contributed by atoms with E-state index in [4.69, 9.17) is 5.73 Å². The highest BCUT2D eigenvalue weighted by Crippen LogP contribution is 2.10. The number of rotatable bonds is 4. The molecule has 2 aliphatic rings. The Hall–Kier alpha value is -2.19. The molecule has 2 fully saturated rings. The standard InChI is InChI=1S/C13H19FN2.C7H8FN.C6H11NO/c1-16-8-6-13(7-9-16)15-10-11-2-4-12(14)5-3-11;8-7-3-1-6(5-9)2-4-7;1-7-4-2-6(8)3-5-7/h2-5,13,15H,6-10H2,1H3;1-4H,5,9H2;2-5H2,1H3. The highest BCUT2D eigenvalue weighted by molar-refractivity contribution is 5.79. The van der Waals surface area contributed by atoms with Gasteiger partial charge in [0.05, 0.1) is 0 Å². The summed E-state index contributed by atoms with van der Waals surface area (Å²) in [5.74, 6) is 0.0401. The summed E-state index contributed by atoms with van der Waals surface area (Å²) in [6.45, 7) is 5.56. The van der Waals surface area contributed by atoms with Crippen molar-refractivity contribution in [2.75, 3.05) is 40.3 Å². The minimum absolute atomic E-state index is 0.164. The third-order valence-corrected chi connectivity index (χ3v) is 5.92. The Kier molecular flexibility index (Phi) is 12.2. The van der Waals surface area contributed by atoms with Gasteiger partial charge >= 0.3 is 0 Å². The monoisotopic (exact) mass is 460 g/mol. The number of carbonyl (C=O) groups excluding carboxylic acids is 1. The van der Waals surface area contributed by atoms with Crippen LogP contribution in [0.25, 0.3) is 0 Å².